The van der Waals surface area contributed by atoms with Crippen LogP contribution >= 0.6 is 0 Å². The van der Waals surface area contributed by atoms with Gasteiger partial charge in [-0.3, -0.25) is 14.4 Å². The molecule has 1 atom stereocenters. The van der Waals surface area contributed by atoms with Crippen molar-refractivity contribution < 1.29 is 28.6 Å². The van der Waals surface area contributed by atoms with Crippen molar-refractivity contribution in [1.82, 2.24) is 0 Å². The number of allylic oxidation sites excluding steroid dienone is 22. The summed E-state index contributed by atoms with van der Waals surface area (Å²) in [6.45, 7) is 6.48. The summed E-state index contributed by atoms with van der Waals surface area (Å²) >= 11 is 0. The molecule has 0 heterocycles. The van der Waals surface area contributed by atoms with E-state index in [2.05, 4.69) is 154 Å². The Kier molecular flexibility index (Phi) is 64.3. The zero-order valence-electron chi connectivity index (χ0n) is 52.8. The van der Waals surface area contributed by atoms with E-state index in [9.17, 15) is 14.4 Å². The van der Waals surface area contributed by atoms with Crippen LogP contribution in [-0.2, 0) is 28.6 Å². The van der Waals surface area contributed by atoms with Gasteiger partial charge in [0.2, 0.25) is 0 Å². The average molecular weight is 1120 g/mol. The molecule has 0 aromatic carbocycles. The van der Waals surface area contributed by atoms with E-state index < -0.39 is 6.10 Å². The lowest BCUT2D eigenvalue weighted by Crippen LogP contribution is -2.30. The van der Waals surface area contributed by atoms with Crippen LogP contribution in [0.25, 0.3) is 0 Å². The number of rotatable bonds is 60. The number of ether oxygens (including phenoxy) is 3. The first-order chi connectivity index (χ1) is 40.0. The van der Waals surface area contributed by atoms with Crippen molar-refractivity contribution in [3.8, 4) is 0 Å². The highest BCUT2D eigenvalue weighted by atomic mass is 16.6. The number of esters is 3. The Bertz CT molecular complexity index is 1720. The largest absolute Gasteiger partial charge is 0.462 e. The normalized spacial score (nSPS) is 13.0. The van der Waals surface area contributed by atoms with Crippen LogP contribution in [0.1, 0.15) is 303 Å². The molecule has 1 unspecified atom stereocenters. The van der Waals surface area contributed by atoms with Gasteiger partial charge in [0.05, 0.1) is 0 Å². The van der Waals surface area contributed by atoms with Crippen LogP contribution in [0.5, 0.6) is 0 Å². The van der Waals surface area contributed by atoms with Gasteiger partial charge in [-0.15, -0.1) is 0 Å². The van der Waals surface area contributed by atoms with Crippen molar-refractivity contribution in [1.29, 1.82) is 0 Å². The van der Waals surface area contributed by atoms with E-state index in [4.69, 9.17) is 14.2 Å². The molecule has 0 N–H and O–H groups in total. The molecule has 81 heavy (non-hydrogen) atoms. The highest BCUT2D eigenvalue weighted by molar-refractivity contribution is 5.71. The van der Waals surface area contributed by atoms with Crippen molar-refractivity contribution in [2.24, 2.45) is 0 Å². The lowest BCUT2D eigenvalue weighted by Gasteiger charge is -2.18. The molecule has 460 valence electrons. The topological polar surface area (TPSA) is 78.9 Å². The van der Waals surface area contributed by atoms with E-state index in [1.165, 1.54) is 141 Å². The van der Waals surface area contributed by atoms with Crippen LogP contribution in [0.2, 0.25) is 0 Å². The highest BCUT2D eigenvalue weighted by Gasteiger charge is 2.19. The van der Waals surface area contributed by atoms with Crippen molar-refractivity contribution in [2.75, 3.05) is 13.2 Å². The van der Waals surface area contributed by atoms with Crippen LogP contribution in [0.3, 0.4) is 0 Å². The molecular formula is C75H124O6. The molecule has 0 spiro atoms. The number of hydrogen-bond acceptors (Lipinski definition) is 6. The minimum absolute atomic E-state index is 0.100. The molecule has 6 nitrogen and oxygen atoms in total. The molecule has 0 rings (SSSR count). The molecule has 0 aliphatic heterocycles. The summed E-state index contributed by atoms with van der Waals surface area (Å²) in [5.74, 6) is -0.952. The van der Waals surface area contributed by atoms with E-state index in [0.717, 1.165) is 116 Å². The van der Waals surface area contributed by atoms with E-state index in [1.807, 2.05) is 0 Å². The first-order valence-electron chi connectivity index (χ1n) is 33.7. The van der Waals surface area contributed by atoms with E-state index in [0.29, 0.717) is 25.7 Å². The molecule has 0 aromatic rings. The maximum absolute atomic E-state index is 12.9. The highest BCUT2D eigenvalue weighted by Crippen LogP contribution is 2.15. The third-order valence-electron chi connectivity index (χ3n) is 14.1. The molecule has 0 aliphatic rings. The summed E-state index contributed by atoms with van der Waals surface area (Å²) in [6, 6.07) is 0. The Morgan fingerprint density at radius 3 is 0.802 bits per heavy atom. The molecule has 0 amide bonds. The smallest absolute Gasteiger partial charge is 0.306 e. The zero-order valence-corrected chi connectivity index (χ0v) is 52.8. The van der Waals surface area contributed by atoms with Gasteiger partial charge < -0.3 is 14.2 Å². The molecule has 0 aromatic heterocycles. The molecule has 0 aliphatic carbocycles. The van der Waals surface area contributed by atoms with Crippen molar-refractivity contribution in [3.63, 3.8) is 0 Å². The molecule has 0 radical (unpaired) electrons. The minimum Gasteiger partial charge on any atom is -0.462 e. The summed E-state index contributed by atoms with van der Waals surface area (Å²) in [7, 11) is 0. The van der Waals surface area contributed by atoms with Gasteiger partial charge in [-0.2, -0.15) is 0 Å². The Balaban J connectivity index is 4.48. The van der Waals surface area contributed by atoms with Gasteiger partial charge in [0.1, 0.15) is 13.2 Å². The Morgan fingerprint density at radius 2 is 0.481 bits per heavy atom. The number of carbonyl (C=O) groups is 3. The molecule has 0 saturated heterocycles. The van der Waals surface area contributed by atoms with Gasteiger partial charge in [-0.1, -0.05) is 276 Å². The van der Waals surface area contributed by atoms with Crippen LogP contribution in [0.15, 0.2) is 134 Å². The number of hydrogen-bond donors (Lipinski definition) is 0. The van der Waals surface area contributed by atoms with E-state index >= 15 is 0 Å². The lowest BCUT2D eigenvalue weighted by atomic mass is 10.1. The quantitative estimate of drug-likeness (QED) is 0.0261. The Morgan fingerprint density at radius 1 is 0.259 bits per heavy atom. The maximum Gasteiger partial charge on any atom is 0.306 e. The molecule has 0 bridgehead atoms. The summed E-state index contributed by atoms with van der Waals surface area (Å²) < 4.78 is 16.9. The number of unbranched alkanes of at least 4 members (excludes halogenated alkanes) is 27. The number of carbonyl (C=O) groups excluding carboxylic acids is 3. The van der Waals surface area contributed by atoms with Crippen LogP contribution in [0.4, 0.5) is 0 Å². The second kappa shape index (κ2) is 68.1. The lowest BCUT2D eigenvalue weighted by molar-refractivity contribution is -0.167. The predicted octanol–water partition coefficient (Wildman–Crippen LogP) is 23.3. The SMILES string of the molecule is CC/C=C\C/C=C\C/C=C\C/C=C\C/C=C\C/C=C\C/C=C\C/C=C\CCCCC(=O)OCC(COC(=O)CCCCCCCCC/C=C\CCCCCCCCC)OC(=O)CCCCCCCCC/C=C\C/C=C\CCCCCC. The van der Waals surface area contributed by atoms with Crippen molar-refractivity contribution in [2.45, 2.75) is 309 Å². The van der Waals surface area contributed by atoms with Crippen LogP contribution in [-0.4, -0.2) is 37.2 Å². The van der Waals surface area contributed by atoms with E-state index in [-0.39, 0.29) is 31.1 Å². The standard InChI is InChI=1S/C75H124O6/c1-4-7-10-13-16-19-22-25-28-31-34-35-36-37-38-39-40-41-42-45-47-50-53-56-59-62-65-68-74(77)80-71-72(81-75(78)69-66-63-60-57-54-51-48-44-33-30-27-24-21-18-15-12-9-6-3)70-79-73(76)67-64-61-58-55-52-49-46-43-32-29-26-23-20-17-14-11-8-5-2/h7,10,16,19,21,24-25,28-30,32-35,37-38,40-41,45,47,53,56,72H,4-6,8-9,11-15,17-18,20,22-23,26-27,31,36,39,42-44,46,48-52,54-55,57-71H2,1-3H3/b10-7-,19-16-,24-21-,28-25-,32-29-,33-30-,35-34-,38-37-,41-40-,47-45-,56-53-. The average Bonchev–Trinajstić information content (AvgIpc) is 3.47. The van der Waals surface area contributed by atoms with Gasteiger partial charge in [0.25, 0.3) is 0 Å². The molecular weight excluding hydrogens is 997 g/mol. The second-order valence-electron chi connectivity index (χ2n) is 22.0. The molecule has 0 saturated carbocycles. The first-order valence-corrected chi connectivity index (χ1v) is 33.7. The molecule has 6 heteroatoms. The second-order valence-corrected chi connectivity index (χ2v) is 22.0. The van der Waals surface area contributed by atoms with Crippen molar-refractivity contribution in [3.05, 3.63) is 134 Å². The first kappa shape index (κ1) is 76.5. The fourth-order valence-corrected chi connectivity index (χ4v) is 9.07. The fraction of sp³-hybridized carbons (Fsp3) is 0.667. The van der Waals surface area contributed by atoms with Crippen LogP contribution in [0, 0.1) is 0 Å². The predicted molar refractivity (Wildman–Crippen MR) is 353 cm³/mol. The van der Waals surface area contributed by atoms with Crippen molar-refractivity contribution >= 4 is 17.9 Å². The third kappa shape index (κ3) is 66.2. The summed E-state index contributed by atoms with van der Waals surface area (Å²) in [4.78, 5) is 38.4. The summed E-state index contributed by atoms with van der Waals surface area (Å²) in [5.41, 5.74) is 0. The third-order valence-corrected chi connectivity index (χ3v) is 14.1. The van der Waals surface area contributed by atoms with E-state index in [1.54, 1.807) is 0 Å². The minimum atomic E-state index is -0.809. The van der Waals surface area contributed by atoms with Crippen LogP contribution < -0.4 is 0 Å². The maximum atomic E-state index is 12.9. The Hall–Kier alpha value is -4.45. The molecule has 0 fully saturated rings. The van der Waals surface area contributed by atoms with Gasteiger partial charge in [-0.05, 0) is 141 Å². The Labute approximate surface area is 500 Å². The van der Waals surface area contributed by atoms with Gasteiger partial charge >= 0.3 is 17.9 Å². The van der Waals surface area contributed by atoms with Gasteiger partial charge in [0, 0.05) is 19.3 Å². The zero-order chi connectivity index (χ0) is 58.5. The summed E-state index contributed by atoms with van der Waals surface area (Å²) in [6.07, 6.45) is 96.0. The monoisotopic (exact) mass is 1120 g/mol. The van der Waals surface area contributed by atoms with Gasteiger partial charge in [-0.25, -0.2) is 0 Å². The van der Waals surface area contributed by atoms with Gasteiger partial charge in [0.15, 0.2) is 6.10 Å². The summed E-state index contributed by atoms with van der Waals surface area (Å²) in [5, 5.41) is 0. The fourth-order valence-electron chi connectivity index (χ4n) is 9.07.